The van der Waals surface area contributed by atoms with Crippen LogP contribution in [0.3, 0.4) is 0 Å². The number of carbonyl (C=O) groups excluding carboxylic acids is 2. The summed E-state index contributed by atoms with van der Waals surface area (Å²) < 4.78 is 10.5. The van der Waals surface area contributed by atoms with Crippen LogP contribution >= 0.6 is 0 Å². The Bertz CT molecular complexity index is 765. The second-order valence-electron chi connectivity index (χ2n) is 16.2. The van der Waals surface area contributed by atoms with E-state index in [2.05, 4.69) is 26.0 Å². The predicted molar refractivity (Wildman–Crippen MR) is 228 cm³/mol. The minimum Gasteiger partial charge on any atom is -0.462 e. The first-order valence-corrected chi connectivity index (χ1v) is 23.7. The van der Waals surface area contributed by atoms with Gasteiger partial charge in [-0.25, -0.2) is 0 Å². The summed E-state index contributed by atoms with van der Waals surface area (Å²) in [4.78, 5) is 24.1. The van der Waals surface area contributed by atoms with E-state index in [9.17, 15) is 14.7 Å². The Morgan fingerprint density at radius 2 is 0.698 bits per heavy atom. The lowest BCUT2D eigenvalue weighted by atomic mass is 10.0. The molecule has 0 aromatic carbocycles. The molecule has 0 aromatic rings. The first kappa shape index (κ1) is 51.6. The maximum atomic E-state index is 12.1. The first-order chi connectivity index (χ1) is 26.1. The van der Waals surface area contributed by atoms with Crippen LogP contribution in [0, 0.1) is 0 Å². The van der Waals surface area contributed by atoms with Crippen LogP contribution in [0.1, 0.15) is 264 Å². The molecule has 0 saturated carbocycles. The Balaban J connectivity index is 3.32. The molecule has 0 amide bonds. The normalized spacial score (nSPS) is 12.1. The number of aliphatic hydroxyl groups excluding tert-OH is 1. The van der Waals surface area contributed by atoms with Gasteiger partial charge in [-0.2, -0.15) is 0 Å². The van der Waals surface area contributed by atoms with Crippen molar-refractivity contribution in [3.05, 3.63) is 12.2 Å². The highest BCUT2D eigenvalue weighted by Gasteiger charge is 2.16. The number of aliphatic hydroxyl groups is 1. The van der Waals surface area contributed by atoms with E-state index in [-0.39, 0.29) is 25.2 Å². The van der Waals surface area contributed by atoms with Gasteiger partial charge in [-0.05, 0) is 38.5 Å². The Hall–Kier alpha value is -1.36. The minimum absolute atomic E-state index is 0.0602. The number of allylic oxidation sites excluding steroid dienone is 2. The third kappa shape index (κ3) is 43.2. The van der Waals surface area contributed by atoms with Gasteiger partial charge in [0.1, 0.15) is 6.61 Å². The summed E-state index contributed by atoms with van der Waals surface area (Å²) in [7, 11) is 0. The molecule has 5 nitrogen and oxygen atoms in total. The molecule has 0 aliphatic rings. The van der Waals surface area contributed by atoms with E-state index in [4.69, 9.17) is 9.47 Å². The van der Waals surface area contributed by atoms with E-state index >= 15 is 0 Å². The van der Waals surface area contributed by atoms with E-state index < -0.39 is 6.10 Å². The molecule has 5 heteroatoms. The number of carbonyl (C=O) groups is 2. The third-order valence-corrected chi connectivity index (χ3v) is 10.8. The fourth-order valence-electron chi connectivity index (χ4n) is 7.20. The number of hydrogen-bond acceptors (Lipinski definition) is 5. The van der Waals surface area contributed by atoms with Crippen LogP contribution in [0.4, 0.5) is 0 Å². The molecular weight excluding hydrogens is 657 g/mol. The van der Waals surface area contributed by atoms with Gasteiger partial charge in [-0.1, -0.05) is 225 Å². The van der Waals surface area contributed by atoms with Crippen molar-refractivity contribution in [2.45, 2.75) is 270 Å². The molecule has 0 fully saturated rings. The van der Waals surface area contributed by atoms with Gasteiger partial charge in [0.2, 0.25) is 0 Å². The molecule has 0 spiro atoms. The highest BCUT2D eigenvalue weighted by molar-refractivity contribution is 5.70. The van der Waals surface area contributed by atoms with Gasteiger partial charge in [0.25, 0.3) is 0 Å². The molecule has 314 valence electrons. The first-order valence-electron chi connectivity index (χ1n) is 23.7. The molecule has 53 heavy (non-hydrogen) atoms. The summed E-state index contributed by atoms with van der Waals surface area (Å²) in [6.07, 6.45) is 53.5. The molecule has 0 aliphatic carbocycles. The topological polar surface area (TPSA) is 72.8 Å². The zero-order valence-electron chi connectivity index (χ0n) is 35.8. The summed E-state index contributed by atoms with van der Waals surface area (Å²) in [5, 5.41) is 9.51. The smallest absolute Gasteiger partial charge is 0.306 e. The van der Waals surface area contributed by atoms with E-state index in [0.717, 1.165) is 38.5 Å². The lowest BCUT2D eigenvalue weighted by Crippen LogP contribution is -2.28. The molecule has 0 aliphatic heterocycles. The minimum atomic E-state index is -0.761. The van der Waals surface area contributed by atoms with Gasteiger partial charge in [0, 0.05) is 12.8 Å². The summed E-state index contributed by atoms with van der Waals surface area (Å²) in [5.41, 5.74) is 0. The summed E-state index contributed by atoms with van der Waals surface area (Å²) in [5.74, 6) is -0.588. The van der Waals surface area contributed by atoms with Gasteiger partial charge < -0.3 is 14.6 Å². The average molecular weight is 749 g/mol. The Morgan fingerprint density at radius 3 is 1.02 bits per heavy atom. The fraction of sp³-hybridized carbons (Fsp3) is 0.917. The van der Waals surface area contributed by atoms with Crippen molar-refractivity contribution in [2.75, 3.05) is 13.2 Å². The number of hydrogen-bond donors (Lipinski definition) is 1. The highest BCUT2D eigenvalue weighted by atomic mass is 16.6. The van der Waals surface area contributed by atoms with Crippen molar-refractivity contribution in [2.24, 2.45) is 0 Å². The van der Waals surface area contributed by atoms with Crippen LogP contribution in [0.25, 0.3) is 0 Å². The highest BCUT2D eigenvalue weighted by Crippen LogP contribution is 2.16. The maximum absolute atomic E-state index is 12.1. The van der Waals surface area contributed by atoms with Crippen LogP contribution in [0.5, 0.6) is 0 Å². The number of unbranched alkanes of at least 4 members (excludes halogenated alkanes) is 34. The summed E-state index contributed by atoms with van der Waals surface area (Å²) >= 11 is 0. The van der Waals surface area contributed by atoms with Gasteiger partial charge in [-0.3, -0.25) is 9.59 Å². The third-order valence-electron chi connectivity index (χ3n) is 10.8. The van der Waals surface area contributed by atoms with Gasteiger partial charge >= 0.3 is 11.9 Å². The molecule has 0 aromatic heterocycles. The molecule has 1 unspecified atom stereocenters. The van der Waals surface area contributed by atoms with Crippen molar-refractivity contribution in [3.63, 3.8) is 0 Å². The van der Waals surface area contributed by atoms with Crippen LogP contribution in [0.15, 0.2) is 12.2 Å². The average Bonchev–Trinajstić information content (AvgIpc) is 3.16. The number of ether oxygens (including phenoxy) is 2. The van der Waals surface area contributed by atoms with E-state index in [1.165, 1.54) is 199 Å². The molecule has 0 saturated heterocycles. The van der Waals surface area contributed by atoms with Crippen molar-refractivity contribution in [3.8, 4) is 0 Å². The molecular formula is C48H92O5. The van der Waals surface area contributed by atoms with E-state index in [0.29, 0.717) is 12.8 Å². The Labute approximate surface area is 331 Å². The van der Waals surface area contributed by atoms with Crippen LogP contribution in [-0.4, -0.2) is 36.4 Å². The largest absolute Gasteiger partial charge is 0.462 e. The van der Waals surface area contributed by atoms with Gasteiger partial charge in [0.15, 0.2) is 6.10 Å². The number of rotatable bonds is 44. The molecule has 0 rings (SSSR count). The summed E-state index contributed by atoms with van der Waals surface area (Å²) in [6, 6.07) is 0. The van der Waals surface area contributed by atoms with Crippen molar-refractivity contribution in [1.29, 1.82) is 0 Å². The Morgan fingerprint density at radius 1 is 0.415 bits per heavy atom. The van der Waals surface area contributed by atoms with Crippen molar-refractivity contribution >= 4 is 11.9 Å². The molecule has 0 radical (unpaired) electrons. The summed E-state index contributed by atoms with van der Waals surface area (Å²) in [6.45, 7) is 4.10. The number of esters is 2. The molecule has 0 heterocycles. The van der Waals surface area contributed by atoms with E-state index in [1.54, 1.807) is 0 Å². The maximum Gasteiger partial charge on any atom is 0.306 e. The standard InChI is InChI=1S/C48H92O5/c1-3-5-7-9-11-12-13-14-15-16-17-18-19-20-21-22-23-24-25-26-27-28-29-30-31-32-33-34-35-36-37-39-41-43-48(51)53-46(44-49)45-52-47(50)42-40-38-10-8-6-4-2/h16-17,46,49H,3-15,18-45H2,1-2H3/b17-16-. The lowest BCUT2D eigenvalue weighted by molar-refractivity contribution is -0.161. The second kappa shape index (κ2) is 45.0. The Kier molecular flexibility index (Phi) is 43.9. The zero-order valence-corrected chi connectivity index (χ0v) is 35.8. The van der Waals surface area contributed by atoms with Crippen molar-refractivity contribution < 1.29 is 24.2 Å². The lowest BCUT2D eigenvalue weighted by Gasteiger charge is -2.15. The zero-order chi connectivity index (χ0) is 38.6. The second-order valence-corrected chi connectivity index (χ2v) is 16.2. The van der Waals surface area contributed by atoms with Gasteiger partial charge in [-0.15, -0.1) is 0 Å². The van der Waals surface area contributed by atoms with Gasteiger partial charge in [0.05, 0.1) is 6.61 Å². The van der Waals surface area contributed by atoms with E-state index in [1.807, 2.05) is 0 Å². The molecule has 1 atom stereocenters. The fourth-order valence-corrected chi connectivity index (χ4v) is 7.20. The van der Waals surface area contributed by atoms with Crippen LogP contribution in [-0.2, 0) is 19.1 Å². The van der Waals surface area contributed by atoms with Crippen molar-refractivity contribution in [1.82, 2.24) is 0 Å². The predicted octanol–water partition coefficient (Wildman–Crippen LogP) is 15.2. The SMILES string of the molecule is CCCCCCCCCC/C=C\CCCCCCCCCCCCCCCCCCCCCCCC(=O)OC(CO)COC(=O)CCCCCCCC. The monoisotopic (exact) mass is 749 g/mol. The van der Waals surface area contributed by atoms with Crippen LogP contribution < -0.4 is 0 Å². The quantitative estimate of drug-likeness (QED) is 0.0381. The van der Waals surface area contributed by atoms with Crippen LogP contribution in [0.2, 0.25) is 0 Å². The molecule has 0 bridgehead atoms. The molecule has 1 N–H and O–H groups in total.